The Morgan fingerprint density at radius 1 is 1.50 bits per heavy atom. The summed E-state index contributed by atoms with van der Waals surface area (Å²) < 4.78 is 0. The van der Waals surface area contributed by atoms with Crippen LogP contribution in [-0.4, -0.2) is 23.1 Å². The second-order valence-corrected chi connectivity index (χ2v) is 1.86. The third-order valence-corrected chi connectivity index (χ3v) is 0.972. The van der Waals surface area contributed by atoms with Crippen LogP contribution in [0.1, 0.15) is 12.8 Å². The summed E-state index contributed by atoms with van der Waals surface area (Å²) in [5.41, 5.74) is 4.94. The van der Waals surface area contributed by atoms with Gasteiger partial charge in [0.1, 0.15) is 0 Å². The van der Waals surface area contributed by atoms with Crippen LogP contribution in [0.2, 0.25) is 0 Å². The van der Waals surface area contributed by atoms with E-state index in [2.05, 4.69) is 0 Å². The maximum absolute atomic E-state index is 9.88. The minimum Gasteiger partial charge on any atom is -0.548 e. The molecule has 0 unspecified atom stereocenters. The maximum atomic E-state index is 9.88. The molecule has 0 bridgehead atoms. The molecule has 0 aromatic heterocycles. The second kappa shape index (κ2) is 8.95. The van der Waals surface area contributed by atoms with Crippen LogP contribution in [0.5, 0.6) is 0 Å². The molecule has 6 nitrogen and oxygen atoms in total. The molecule has 7 heteroatoms. The second-order valence-electron chi connectivity index (χ2n) is 1.86. The van der Waals surface area contributed by atoms with E-state index in [9.17, 15) is 14.7 Å². The third kappa shape index (κ3) is 9.86. The fourth-order valence-electron chi connectivity index (χ4n) is 0.397. The van der Waals surface area contributed by atoms with E-state index < -0.39 is 18.0 Å². The van der Waals surface area contributed by atoms with E-state index in [1.807, 2.05) is 0 Å². The third-order valence-electron chi connectivity index (χ3n) is 0.972. The minimum absolute atomic E-state index is 0. The number of carbonyl (C=O) groups is 2. The molecular weight excluding hydrogens is 175 g/mol. The topological polar surface area (TPSA) is 138 Å². The van der Waals surface area contributed by atoms with Crippen molar-refractivity contribution >= 4 is 11.9 Å². The average molecular weight is 186 g/mol. The van der Waals surface area contributed by atoms with Gasteiger partial charge in [0.15, 0.2) is 0 Å². The Morgan fingerprint density at radius 3 is 2.17 bits per heavy atom. The molecule has 0 aliphatic carbocycles. The Hall–Kier alpha value is -0.140. The van der Waals surface area contributed by atoms with Gasteiger partial charge in [-0.25, -0.2) is 0 Å². The van der Waals surface area contributed by atoms with Crippen LogP contribution >= 0.6 is 0 Å². The molecule has 0 saturated heterocycles. The van der Waals surface area contributed by atoms with Crippen molar-refractivity contribution in [1.82, 2.24) is 6.15 Å². The van der Waals surface area contributed by atoms with Crippen LogP contribution in [-0.2, 0) is 9.59 Å². The number of carboxylic acids is 2. The number of carbonyl (C=O) groups excluding carboxylic acids is 1. The molecule has 66 valence electrons. The number of hydrogen-bond donors (Lipinski definition) is 3. The smallest absolute Gasteiger partial charge is 0.548 e. The predicted molar refractivity (Wildman–Crippen MR) is 34.9 cm³/mol. The molecule has 0 aromatic rings. The quantitative estimate of drug-likeness (QED) is 0.376. The molecule has 0 spiro atoms. The van der Waals surface area contributed by atoms with Crippen LogP contribution in [0.25, 0.3) is 0 Å². The number of rotatable bonds is 4. The largest absolute Gasteiger partial charge is 1.00 e. The summed E-state index contributed by atoms with van der Waals surface area (Å²) in [4.78, 5) is 19.7. The van der Waals surface area contributed by atoms with Gasteiger partial charge >= 0.3 is 35.5 Å². The van der Waals surface area contributed by atoms with Crippen LogP contribution in [0, 0.1) is 0 Å². The van der Waals surface area contributed by atoms with Gasteiger partial charge in [-0.2, -0.15) is 0 Å². The van der Waals surface area contributed by atoms with Gasteiger partial charge in [-0.15, -0.1) is 0 Å². The monoisotopic (exact) mass is 186 g/mol. The van der Waals surface area contributed by atoms with E-state index in [-0.39, 0.29) is 48.5 Å². The number of carboxylic acid groups (broad SMARTS) is 2. The Labute approximate surface area is 92.0 Å². The van der Waals surface area contributed by atoms with Crippen LogP contribution in [0.3, 0.4) is 0 Å². The normalized spacial score (nSPS) is 10.4. The van der Waals surface area contributed by atoms with Gasteiger partial charge in [-0.3, -0.25) is 4.79 Å². The molecule has 12 heavy (non-hydrogen) atoms. The SMILES string of the molecule is N.N[C@@H](CCC(=O)O)C(=O)[O-].[Na+]. The first-order valence-electron chi connectivity index (χ1n) is 2.72. The number of hydrogen-bond acceptors (Lipinski definition) is 5. The molecule has 6 N–H and O–H groups in total. The molecule has 0 rings (SSSR count). The van der Waals surface area contributed by atoms with E-state index in [1.165, 1.54) is 0 Å². The Bertz CT molecular complexity index is 152. The van der Waals surface area contributed by atoms with E-state index in [0.29, 0.717) is 0 Å². The van der Waals surface area contributed by atoms with Gasteiger partial charge in [0.2, 0.25) is 0 Å². The Morgan fingerprint density at radius 2 is 1.92 bits per heavy atom. The Kier molecular flexibility index (Phi) is 13.3. The summed E-state index contributed by atoms with van der Waals surface area (Å²) in [6, 6.07) is -1.17. The zero-order chi connectivity index (χ0) is 8.15. The first-order chi connectivity index (χ1) is 4.54. The van der Waals surface area contributed by atoms with Gasteiger partial charge in [0.05, 0.1) is 5.97 Å². The van der Waals surface area contributed by atoms with Gasteiger partial charge in [0.25, 0.3) is 0 Å². The molecular formula is C5H11N2NaO4. The van der Waals surface area contributed by atoms with E-state index >= 15 is 0 Å². The van der Waals surface area contributed by atoms with Crippen molar-refractivity contribution in [2.75, 3.05) is 0 Å². The van der Waals surface area contributed by atoms with Crippen molar-refractivity contribution in [3.8, 4) is 0 Å². The van der Waals surface area contributed by atoms with Crippen LogP contribution in [0.4, 0.5) is 0 Å². The van der Waals surface area contributed by atoms with Crippen molar-refractivity contribution in [2.45, 2.75) is 18.9 Å². The summed E-state index contributed by atoms with van der Waals surface area (Å²) >= 11 is 0. The Balaban J connectivity index is -0.000000405. The van der Waals surface area contributed by atoms with Crippen molar-refractivity contribution in [2.24, 2.45) is 5.73 Å². The van der Waals surface area contributed by atoms with Gasteiger partial charge < -0.3 is 26.9 Å². The average Bonchev–Trinajstić information content (AvgIpc) is 1.82. The van der Waals surface area contributed by atoms with Crippen molar-refractivity contribution < 1.29 is 49.4 Å². The first-order valence-corrected chi connectivity index (χ1v) is 2.72. The molecule has 0 aliphatic rings. The molecule has 0 aromatic carbocycles. The molecule has 0 amide bonds. The summed E-state index contributed by atoms with van der Waals surface area (Å²) in [7, 11) is 0. The van der Waals surface area contributed by atoms with Crippen molar-refractivity contribution in [1.29, 1.82) is 0 Å². The summed E-state index contributed by atoms with van der Waals surface area (Å²) in [5.74, 6) is -2.47. The van der Waals surface area contributed by atoms with Gasteiger partial charge in [0, 0.05) is 12.5 Å². The minimum atomic E-state index is -1.42. The molecule has 0 aliphatic heterocycles. The van der Waals surface area contributed by atoms with Crippen LogP contribution < -0.4 is 46.5 Å². The van der Waals surface area contributed by atoms with E-state index in [1.54, 1.807) is 0 Å². The van der Waals surface area contributed by atoms with E-state index in [4.69, 9.17) is 10.8 Å². The van der Waals surface area contributed by atoms with Gasteiger partial charge in [-0.1, -0.05) is 0 Å². The zero-order valence-corrected chi connectivity index (χ0v) is 8.95. The van der Waals surface area contributed by atoms with E-state index in [0.717, 1.165) is 0 Å². The van der Waals surface area contributed by atoms with Gasteiger partial charge in [-0.05, 0) is 6.42 Å². The molecule has 0 radical (unpaired) electrons. The molecule has 0 saturated carbocycles. The number of nitrogens with two attached hydrogens (primary N) is 1. The number of aliphatic carboxylic acids is 2. The van der Waals surface area contributed by atoms with Crippen molar-refractivity contribution in [3.05, 3.63) is 0 Å². The summed E-state index contributed by atoms with van der Waals surface area (Å²) in [6.07, 6.45) is -0.327. The fourth-order valence-corrected chi connectivity index (χ4v) is 0.397. The predicted octanol–water partition coefficient (Wildman–Crippen LogP) is -4.91. The van der Waals surface area contributed by atoms with Crippen LogP contribution in [0.15, 0.2) is 0 Å². The van der Waals surface area contributed by atoms with Crippen molar-refractivity contribution in [3.63, 3.8) is 0 Å². The maximum Gasteiger partial charge on any atom is 1.00 e. The first kappa shape index (κ1) is 17.8. The summed E-state index contributed by atoms with van der Waals surface area (Å²) in [5, 5.41) is 18.0. The molecule has 1 atom stereocenters. The zero-order valence-electron chi connectivity index (χ0n) is 6.95. The standard InChI is InChI=1S/C5H9NO4.H3N.Na/c6-3(5(9)10)1-2-4(7)8;;/h3H,1-2,6H2,(H,7,8)(H,9,10);1H3;/q;;+1/p-1/t3-;;/m0../s1. The summed E-state index contributed by atoms with van der Waals surface area (Å²) in [6.45, 7) is 0. The molecule has 0 fully saturated rings. The fraction of sp³-hybridized carbons (Fsp3) is 0.600. The molecule has 0 heterocycles.